The van der Waals surface area contributed by atoms with E-state index in [2.05, 4.69) is 45.3 Å². The highest BCUT2D eigenvalue weighted by atomic mass is 16.2. The predicted molar refractivity (Wildman–Crippen MR) is 149 cm³/mol. The molecule has 3 atom stereocenters. The summed E-state index contributed by atoms with van der Waals surface area (Å²) in [6.07, 6.45) is 2.10. The minimum Gasteiger partial charge on any atom is -0.352 e. The first kappa shape index (κ1) is 33.8. The molecule has 0 saturated heterocycles. The van der Waals surface area contributed by atoms with Gasteiger partial charge in [-0.15, -0.1) is 0 Å². The molecule has 0 spiro atoms. The van der Waals surface area contributed by atoms with Crippen LogP contribution in [0.1, 0.15) is 116 Å². The molecule has 7 heteroatoms. The molecule has 208 valence electrons. The van der Waals surface area contributed by atoms with Crippen LogP contribution in [0.5, 0.6) is 0 Å². The first-order valence-corrected chi connectivity index (χ1v) is 13.0. The third kappa shape index (κ3) is 11.6. The van der Waals surface area contributed by atoms with E-state index in [1.54, 1.807) is 0 Å². The van der Waals surface area contributed by atoms with Crippen molar-refractivity contribution in [3.63, 3.8) is 0 Å². The van der Waals surface area contributed by atoms with Crippen LogP contribution >= 0.6 is 0 Å². The number of carbonyl (C=O) groups is 2. The van der Waals surface area contributed by atoms with E-state index >= 15 is 0 Å². The molecule has 8 N–H and O–H groups in total. The van der Waals surface area contributed by atoms with Crippen LogP contribution in [0.15, 0.2) is 0 Å². The Kier molecular flexibility index (Phi) is 10.7. The standard InChI is InChI=1S/C28H59N5O2/c1-18(32-21(34)19(29)25(7,8)15-23(2,3)4)24(5,6)17-28(13,14)33-22(35)20(30)26(9,10)16-27(11,12)31/h18-20H,15-17,29-31H2,1-14H3,(H,32,34)(H,33,35). The third-order valence-corrected chi connectivity index (χ3v) is 7.04. The van der Waals surface area contributed by atoms with Crippen molar-refractivity contribution in [2.45, 2.75) is 145 Å². The zero-order chi connectivity index (χ0) is 28.4. The average Bonchev–Trinajstić information content (AvgIpc) is 2.54. The van der Waals surface area contributed by atoms with Crippen LogP contribution in [-0.4, -0.2) is 41.0 Å². The van der Waals surface area contributed by atoms with Crippen molar-refractivity contribution in [3.8, 4) is 0 Å². The van der Waals surface area contributed by atoms with Gasteiger partial charge < -0.3 is 27.8 Å². The smallest absolute Gasteiger partial charge is 0.237 e. The van der Waals surface area contributed by atoms with Gasteiger partial charge in [0.05, 0.1) is 12.1 Å². The summed E-state index contributed by atoms with van der Waals surface area (Å²) in [6, 6.07) is -1.45. The lowest BCUT2D eigenvalue weighted by Gasteiger charge is -2.42. The largest absolute Gasteiger partial charge is 0.352 e. The highest BCUT2D eigenvalue weighted by Crippen LogP contribution is 2.36. The van der Waals surface area contributed by atoms with Gasteiger partial charge in [0.2, 0.25) is 11.8 Å². The molecule has 35 heavy (non-hydrogen) atoms. The van der Waals surface area contributed by atoms with Crippen molar-refractivity contribution in [2.75, 3.05) is 0 Å². The van der Waals surface area contributed by atoms with E-state index in [-0.39, 0.29) is 34.1 Å². The summed E-state index contributed by atoms with van der Waals surface area (Å²) in [5, 5.41) is 6.29. The summed E-state index contributed by atoms with van der Waals surface area (Å²) in [6.45, 7) is 28.6. The fourth-order valence-electron chi connectivity index (χ4n) is 5.72. The Labute approximate surface area is 216 Å². The highest BCUT2D eigenvalue weighted by Gasteiger charge is 2.41. The molecule has 0 fully saturated rings. The number of carbonyl (C=O) groups excluding carboxylic acids is 2. The molecule has 0 heterocycles. The minimum atomic E-state index is -0.687. The first-order chi connectivity index (χ1) is 15.1. The van der Waals surface area contributed by atoms with Crippen LogP contribution in [0, 0.1) is 21.7 Å². The molecule has 0 bridgehead atoms. The number of hydrogen-bond donors (Lipinski definition) is 5. The van der Waals surface area contributed by atoms with E-state index in [0.717, 1.165) is 6.42 Å². The van der Waals surface area contributed by atoms with Crippen molar-refractivity contribution < 1.29 is 9.59 Å². The fraction of sp³-hybridized carbons (Fsp3) is 0.929. The summed E-state index contributed by atoms with van der Waals surface area (Å²) in [5.41, 5.74) is 17.0. The molecular weight excluding hydrogens is 438 g/mol. The van der Waals surface area contributed by atoms with Gasteiger partial charge in [-0.3, -0.25) is 9.59 Å². The number of amides is 2. The Morgan fingerprint density at radius 2 is 1.06 bits per heavy atom. The molecule has 0 aliphatic rings. The Morgan fingerprint density at radius 3 is 1.46 bits per heavy atom. The molecule has 3 unspecified atom stereocenters. The summed E-state index contributed by atoms with van der Waals surface area (Å²) in [4.78, 5) is 26.1. The Balaban J connectivity index is 5.30. The van der Waals surface area contributed by atoms with Gasteiger partial charge in [-0.2, -0.15) is 0 Å². The maximum Gasteiger partial charge on any atom is 0.237 e. The van der Waals surface area contributed by atoms with Crippen LogP contribution in [0.2, 0.25) is 0 Å². The van der Waals surface area contributed by atoms with E-state index < -0.39 is 28.6 Å². The third-order valence-electron chi connectivity index (χ3n) is 7.04. The van der Waals surface area contributed by atoms with Crippen molar-refractivity contribution in [2.24, 2.45) is 38.9 Å². The Bertz CT molecular complexity index is 727. The van der Waals surface area contributed by atoms with Gasteiger partial charge in [0, 0.05) is 17.1 Å². The van der Waals surface area contributed by atoms with Crippen LogP contribution in [0.4, 0.5) is 0 Å². The van der Waals surface area contributed by atoms with Gasteiger partial charge in [-0.1, -0.05) is 62.3 Å². The molecule has 0 aromatic heterocycles. The quantitative estimate of drug-likeness (QED) is 0.277. The van der Waals surface area contributed by atoms with Crippen LogP contribution < -0.4 is 27.8 Å². The second-order valence-electron chi connectivity index (χ2n) is 15.6. The van der Waals surface area contributed by atoms with Crippen molar-refractivity contribution >= 4 is 11.8 Å². The summed E-state index contributed by atoms with van der Waals surface area (Å²) >= 11 is 0. The summed E-state index contributed by atoms with van der Waals surface area (Å²) in [5.74, 6) is -0.336. The van der Waals surface area contributed by atoms with E-state index in [1.165, 1.54) is 0 Å². The molecule has 0 aliphatic heterocycles. The zero-order valence-electron chi connectivity index (χ0n) is 25.4. The number of nitrogens with one attached hydrogen (secondary N) is 2. The van der Waals surface area contributed by atoms with Gasteiger partial charge in [0.1, 0.15) is 0 Å². The van der Waals surface area contributed by atoms with Crippen LogP contribution in [0.25, 0.3) is 0 Å². The lowest BCUT2D eigenvalue weighted by Crippen LogP contribution is -2.59. The molecule has 0 saturated carbocycles. The predicted octanol–water partition coefficient (Wildman–Crippen LogP) is 4.07. The molecule has 7 nitrogen and oxygen atoms in total. The Hall–Kier alpha value is -1.18. The van der Waals surface area contributed by atoms with Gasteiger partial charge in [0.25, 0.3) is 0 Å². The number of rotatable bonds is 12. The van der Waals surface area contributed by atoms with Crippen LogP contribution in [-0.2, 0) is 9.59 Å². The molecule has 0 aliphatic carbocycles. The van der Waals surface area contributed by atoms with Gasteiger partial charge in [0.15, 0.2) is 0 Å². The second kappa shape index (κ2) is 11.1. The van der Waals surface area contributed by atoms with E-state index in [0.29, 0.717) is 12.8 Å². The maximum atomic E-state index is 13.1. The minimum absolute atomic E-state index is 0.0733. The van der Waals surface area contributed by atoms with Gasteiger partial charge >= 0.3 is 0 Å². The van der Waals surface area contributed by atoms with E-state index in [1.807, 2.05) is 62.3 Å². The molecular formula is C28H59N5O2. The molecule has 0 aromatic carbocycles. The topological polar surface area (TPSA) is 136 Å². The molecule has 0 aromatic rings. The number of nitrogens with two attached hydrogens (primary N) is 3. The van der Waals surface area contributed by atoms with Gasteiger partial charge in [-0.25, -0.2) is 0 Å². The van der Waals surface area contributed by atoms with Crippen molar-refractivity contribution in [1.29, 1.82) is 0 Å². The van der Waals surface area contributed by atoms with E-state index in [9.17, 15) is 9.59 Å². The monoisotopic (exact) mass is 497 g/mol. The highest BCUT2D eigenvalue weighted by molar-refractivity contribution is 5.83. The fourth-order valence-corrected chi connectivity index (χ4v) is 5.72. The zero-order valence-corrected chi connectivity index (χ0v) is 25.4. The second-order valence-corrected chi connectivity index (χ2v) is 15.6. The number of hydrogen-bond acceptors (Lipinski definition) is 5. The van der Waals surface area contributed by atoms with Gasteiger partial charge in [-0.05, 0) is 75.5 Å². The summed E-state index contributed by atoms with van der Waals surface area (Å²) < 4.78 is 0. The maximum absolute atomic E-state index is 13.1. The average molecular weight is 498 g/mol. The molecule has 0 radical (unpaired) electrons. The van der Waals surface area contributed by atoms with Crippen molar-refractivity contribution in [1.82, 2.24) is 10.6 Å². The Morgan fingerprint density at radius 1 is 0.657 bits per heavy atom. The first-order valence-electron chi connectivity index (χ1n) is 13.0. The molecule has 0 rings (SSSR count). The van der Waals surface area contributed by atoms with E-state index in [4.69, 9.17) is 17.2 Å². The SMILES string of the molecule is CC(NC(=O)C(N)C(C)(C)CC(C)(C)C)C(C)(C)CC(C)(C)NC(=O)C(N)C(C)(C)CC(C)(C)N. The normalized spacial score (nSPS) is 16.9. The van der Waals surface area contributed by atoms with Crippen LogP contribution in [0.3, 0.4) is 0 Å². The lowest BCUT2D eigenvalue weighted by molar-refractivity contribution is -0.128. The summed E-state index contributed by atoms with van der Waals surface area (Å²) in [7, 11) is 0. The van der Waals surface area contributed by atoms with Crippen molar-refractivity contribution in [3.05, 3.63) is 0 Å². The lowest BCUT2D eigenvalue weighted by atomic mass is 9.71. The molecule has 2 amide bonds.